The lowest BCUT2D eigenvalue weighted by molar-refractivity contribution is -0.118. The zero-order valence-corrected chi connectivity index (χ0v) is 14.1. The molecule has 1 heterocycles. The van der Waals surface area contributed by atoms with Crippen LogP contribution in [0.25, 0.3) is 11.1 Å². The van der Waals surface area contributed by atoms with Gasteiger partial charge in [-0.05, 0) is 24.3 Å². The topological polar surface area (TPSA) is 97.0 Å². The van der Waals surface area contributed by atoms with Crippen LogP contribution in [0.5, 0.6) is 11.5 Å². The first-order valence-electron chi connectivity index (χ1n) is 7.33. The molecule has 0 saturated heterocycles. The molecule has 0 bridgehead atoms. The first-order chi connectivity index (χ1) is 12.2. The van der Waals surface area contributed by atoms with Gasteiger partial charge in [-0.2, -0.15) is 5.10 Å². The second-order valence-electron chi connectivity index (χ2n) is 4.93. The average molecular weight is 357 g/mol. The summed E-state index contributed by atoms with van der Waals surface area (Å²) in [6, 6.07) is 12.4. The third-order valence-electron chi connectivity index (χ3n) is 3.24. The summed E-state index contributed by atoms with van der Waals surface area (Å²) in [6.45, 7) is 0. The minimum atomic E-state index is -0.314. The number of amides is 1. The number of fused-ring (bicyclic) bond motifs is 1. The Morgan fingerprint density at radius 1 is 1.36 bits per heavy atom. The molecule has 0 unspecified atom stereocenters. The van der Waals surface area contributed by atoms with Crippen molar-refractivity contribution in [1.29, 1.82) is 0 Å². The van der Waals surface area contributed by atoms with E-state index in [1.165, 1.54) is 25.1 Å². The molecule has 3 rings (SSSR count). The number of phenolic OH excluding ortho intramolecular Hbond substituents is 1. The minimum absolute atomic E-state index is 0.0381. The van der Waals surface area contributed by atoms with Crippen LogP contribution in [0.1, 0.15) is 5.56 Å². The molecule has 7 nitrogen and oxygen atoms in total. The van der Waals surface area contributed by atoms with Crippen LogP contribution in [0, 0.1) is 0 Å². The number of aromatic hydroxyl groups is 1. The minimum Gasteiger partial charge on any atom is -0.504 e. The van der Waals surface area contributed by atoms with Crippen LogP contribution in [0.15, 0.2) is 57.2 Å². The molecule has 0 aliphatic heterocycles. The lowest BCUT2D eigenvalue weighted by Crippen LogP contribution is -2.19. The zero-order chi connectivity index (χ0) is 17.6. The number of aromatic nitrogens is 1. The molecule has 0 atom stereocenters. The Balaban J connectivity index is 1.54. The number of rotatable bonds is 6. The van der Waals surface area contributed by atoms with E-state index in [9.17, 15) is 9.90 Å². The lowest BCUT2D eigenvalue weighted by Gasteiger charge is -2.04. The molecule has 8 heteroatoms. The second kappa shape index (κ2) is 7.71. The molecule has 1 amide bonds. The molecule has 3 aromatic rings. The van der Waals surface area contributed by atoms with Crippen molar-refractivity contribution in [3.8, 4) is 11.5 Å². The monoisotopic (exact) mass is 357 g/mol. The highest BCUT2D eigenvalue weighted by Crippen LogP contribution is 2.28. The molecular formula is C17H15N3O4S. The predicted octanol–water partition coefficient (Wildman–Crippen LogP) is 2.78. The van der Waals surface area contributed by atoms with Crippen molar-refractivity contribution in [2.45, 2.75) is 5.22 Å². The summed E-state index contributed by atoms with van der Waals surface area (Å²) in [5.41, 5.74) is 4.25. The fourth-order valence-corrected chi connectivity index (χ4v) is 2.69. The van der Waals surface area contributed by atoms with E-state index < -0.39 is 0 Å². The number of thioether (sulfide) groups is 1. The van der Waals surface area contributed by atoms with Crippen LogP contribution in [0.3, 0.4) is 0 Å². The lowest BCUT2D eigenvalue weighted by atomic mass is 10.2. The van der Waals surface area contributed by atoms with Gasteiger partial charge in [0.25, 0.3) is 11.1 Å². The van der Waals surface area contributed by atoms with Gasteiger partial charge in [-0.1, -0.05) is 30.0 Å². The number of nitrogens with one attached hydrogen (secondary N) is 1. The van der Waals surface area contributed by atoms with Crippen molar-refractivity contribution in [3.63, 3.8) is 0 Å². The van der Waals surface area contributed by atoms with Gasteiger partial charge in [0.15, 0.2) is 17.1 Å². The average Bonchev–Trinajstić information content (AvgIpc) is 3.04. The zero-order valence-electron chi connectivity index (χ0n) is 13.3. The first-order valence-corrected chi connectivity index (χ1v) is 8.32. The van der Waals surface area contributed by atoms with E-state index in [1.807, 2.05) is 24.3 Å². The number of carbonyl (C=O) groups excluding carboxylic acids is 1. The Morgan fingerprint density at radius 3 is 3.00 bits per heavy atom. The Hall–Kier alpha value is -3.00. The number of benzene rings is 2. The fraction of sp³-hybridized carbons (Fsp3) is 0.118. The van der Waals surface area contributed by atoms with Crippen molar-refractivity contribution in [2.24, 2.45) is 5.10 Å². The number of oxazole rings is 1. The maximum absolute atomic E-state index is 11.8. The van der Waals surface area contributed by atoms with Gasteiger partial charge in [-0.3, -0.25) is 4.79 Å². The molecule has 0 fully saturated rings. The van der Waals surface area contributed by atoms with Gasteiger partial charge in [0.05, 0.1) is 19.1 Å². The predicted molar refractivity (Wildman–Crippen MR) is 95.1 cm³/mol. The summed E-state index contributed by atoms with van der Waals surface area (Å²) < 4.78 is 10.5. The summed E-state index contributed by atoms with van der Waals surface area (Å²) in [6.07, 6.45) is 1.35. The largest absolute Gasteiger partial charge is 0.504 e. The Kier molecular flexibility index (Phi) is 5.20. The van der Waals surface area contributed by atoms with Crippen molar-refractivity contribution < 1.29 is 19.1 Å². The van der Waals surface area contributed by atoms with Crippen LogP contribution in [0.2, 0.25) is 0 Å². The molecular weight excluding hydrogens is 342 g/mol. The van der Waals surface area contributed by atoms with Crippen LogP contribution < -0.4 is 10.2 Å². The van der Waals surface area contributed by atoms with Gasteiger partial charge in [0, 0.05) is 5.56 Å². The van der Waals surface area contributed by atoms with Gasteiger partial charge in [-0.15, -0.1) is 0 Å². The van der Waals surface area contributed by atoms with Gasteiger partial charge >= 0.3 is 0 Å². The van der Waals surface area contributed by atoms with Crippen LogP contribution in [0.4, 0.5) is 0 Å². The third-order valence-corrected chi connectivity index (χ3v) is 4.07. The van der Waals surface area contributed by atoms with E-state index in [1.54, 1.807) is 18.2 Å². The normalized spacial score (nSPS) is 11.1. The van der Waals surface area contributed by atoms with Gasteiger partial charge in [0.1, 0.15) is 5.52 Å². The van der Waals surface area contributed by atoms with Crippen molar-refractivity contribution >= 4 is 35.0 Å². The number of methoxy groups -OCH3 is 1. The van der Waals surface area contributed by atoms with E-state index in [-0.39, 0.29) is 17.4 Å². The smallest absolute Gasteiger partial charge is 0.257 e. The number of hydrogen-bond donors (Lipinski definition) is 2. The van der Waals surface area contributed by atoms with Crippen LogP contribution in [-0.4, -0.2) is 35.1 Å². The van der Waals surface area contributed by atoms with Gasteiger partial charge < -0.3 is 14.3 Å². The number of nitrogens with zero attached hydrogens (tertiary/aromatic N) is 2. The van der Waals surface area contributed by atoms with Crippen LogP contribution >= 0.6 is 11.8 Å². The number of ether oxygens (including phenoxy) is 1. The van der Waals surface area contributed by atoms with Crippen molar-refractivity contribution in [1.82, 2.24) is 10.4 Å². The quantitative estimate of drug-likeness (QED) is 0.400. The molecule has 0 aliphatic rings. The SMILES string of the molecule is COc1cccc(/C=N/NC(=O)CSc2nc3ccccc3o2)c1O. The molecule has 2 N–H and O–H groups in total. The maximum atomic E-state index is 11.8. The first kappa shape index (κ1) is 16.8. The number of hydrogen-bond acceptors (Lipinski definition) is 7. The van der Waals surface area contributed by atoms with E-state index >= 15 is 0 Å². The van der Waals surface area contributed by atoms with Gasteiger partial charge in [0.2, 0.25) is 0 Å². The van der Waals surface area contributed by atoms with Crippen molar-refractivity contribution in [2.75, 3.05) is 12.9 Å². The fourth-order valence-electron chi connectivity index (χ4n) is 2.05. The summed E-state index contributed by atoms with van der Waals surface area (Å²) in [5.74, 6) is 0.0883. The third kappa shape index (κ3) is 4.10. The van der Waals surface area contributed by atoms with E-state index in [4.69, 9.17) is 9.15 Å². The number of hydrazone groups is 1. The van der Waals surface area contributed by atoms with Crippen LogP contribution in [-0.2, 0) is 4.79 Å². The van der Waals surface area contributed by atoms with E-state index in [0.717, 1.165) is 5.52 Å². The summed E-state index contributed by atoms with van der Waals surface area (Å²) in [7, 11) is 1.46. The molecule has 0 radical (unpaired) electrons. The highest BCUT2D eigenvalue weighted by atomic mass is 32.2. The Labute approximate surface area is 147 Å². The summed E-state index contributed by atoms with van der Waals surface area (Å²) in [5, 5.41) is 14.2. The Morgan fingerprint density at radius 2 is 2.20 bits per heavy atom. The highest BCUT2D eigenvalue weighted by molar-refractivity contribution is 7.99. The standard InChI is InChI=1S/C17H15N3O4S/c1-23-14-8-4-5-11(16(14)22)9-18-20-15(21)10-25-17-19-12-6-2-3-7-13(12)24-17/h2-9,22H,10H2,1H3,(H,20,21)/b18-9+. The summed E-state index contributed by atoms with van der Waals surface area (Å²) in [4.78, 5) is 16.1. The van der Waals surface area contributed by atoms with Crippen molar-refractivity contribution in [3.05, 3.63) is 48.0 Å². The number of phenols is 1. The second-order valence-corrected chi connectivity index (χ2v) is 5.85. The Bertz CT molecular complexity index is 890. The molecule has 128 valence electrons. The number of para-hydroxylation sites is 3. The maximum Gasteiger partial charge on any atom is 0.257 e. The van der Waals surface area contributed by atoms with E-state index in [2.05, 4.69) is 15.5 Å². The molecule has 0 spiro atoms. The molecule has 2 aromatic carbocycles. The highest BCUT2D eigenvalue weighted by Gasteiger charge is 2.09. The molecule has 0 saturated carbocycles. The molecule has 1 aromatic heterocycles. The van der Waals surface area contributed by atoms with E-state index in [0.29, 0.717) is 22.1 Å². The number of carbonyl (C=O) groups is 1. The van der Waals surface area contributed by atoms with Gasteiger partial charge in [-0.25, -0.2) is 10.4 Å². The summed E-state index contributed by atoms with van der Waals surface area (Å²) >= 11 is 1.18. The molecule has 0 aliphatic carbocycles. The molecule has 25 heavy (non-hydrogen) atoms.